The highest BCUT2D eigenvalue weighted by Crippen LogP contribution is 2.34. The van der Waals surface area contributed by atoms with Crippen LogP contribution >= 0.6 is 0 Å². The van der Waals surface area contributed by atoms with E-state index in [1.165, 1.54) is 6.20 Å². The molecular weight excluding hydrogens is 779 g/mol. The van der Waals surface area contributed by atoms with Gasteiger partial charge in [0.25, 0.3) is 0 Å². The number of carbonyl (C=O) groups excluding carboxylic acids is 5. The molecule has 3 saturated heterocycles. The lowest BCUT2D eigenvalue weighted by atomic mass is 9.80. The number of piperidine rings is 1. The van der Waals surface area contributed by atoms with Gasteiger partial charge in [0, 0.05) is 108 Å². The highest BCUT2D eigenvalue weighted by molar-refractivity contribution is 6.01. The maximum Gasteiger partial charge on any atom is 0.343 e. The van der Waals surface area contributed by atoms with Gasteiger partial charge in [-0.05, 0) is 82.4 Å². The minimum atomic E-state index is -0.457. The van der Waals surface area contributed by atoms with E-state index in [1.807, 2.05) is 42.4 Å². The van der Waals surface area contributed by atoms with Gasteiger partial charge >= 0.3 is 5.97 Å². The highest BCUT2D eigenvalue weighted by Gasteiger charge is 2.37. The Morgan fingerprint density at radius 2 is 1.44 bits per heavy atom. The van der Waals surface area contributed by atoms with Gasteiger partial charge in [-0.15, -0.1) is 0 Å². The van der Waals surface area contributed by atoms with E-state index < -0.39 is 5.97 Å². The fraction of sp³-hybridized carbons (Fsp3) is 0.591. The monoisotopic (exact) mass is 837 g/mol. The van der Waals surface area contributed by atoms with Crippen molar-refractivity contribution in [3.8, 4) is 0 Å². The smallest absolute Gasteiger partial charge is 0.343 e. The van der Waals surface area contributed by atoms with Crippen LogP contribution in [0.1, 0.15) is 93.0 Å². The summed E-state index contributed by atoms with van der Waals surface area (Å²) in [5.41, 5.74) is 3.05. The molecule has 1 unspecified atom stereocenters. The lowest BCUT2D eigenvalue weighted by molar-refractivity contribution is -0.142. The number of ether oxygens (including phenoxy) is 1. The first-order valence-electron chi connectivity index (χ1n) is 22.2. The summed E-state index contributed by atoms with van der Waals surface area (Å²) in [5, 5.41) is 13.3. The molecule has 4 amide bonds. The van der Waals surface area contributed by atoms with Gasteiger partial charge in [0.05, 0.1) is 24.4 Å². The zero-order chi connectivity index (χ0) is 42.5. The quantitative estimate of drug-likeness (QED) is 0.188. The molecule has 2 aliphatic carbocycles. The van der Waals surface area contributed by atoms with Crippen molar-refractivity contribution in [1.29, 1.82) is 0 Å². The van der Waals surface area contributed by atoms with E-state index in [2.05, 4.69) is 45.7 Å². The van der Waals surface area contributed by atoms with E-state index in [-0.39, 0.29) is 54.0 Å². The number of carbonyl (C=O) groups is 5. The molecule has 0 spiro atoms. The van der Waals surface area contributed by atoms with Crippen LogP contribution in [-0.4, -0.2) is 135 Å². The standard InChI is InChI=1S/C44H59N11O6/c1-3-61-43(60)37-27-45-44(48-33-26-46-51(2)28-33)50-39(37)47-32-10-14-35(15-11-32)53-20-24-55(25-21-53)42(59)31-6-4-30(5-7-31)41(58)54-22-18-52(19-23-54)34-12-8-29(9-13-34)36-16-17-38(56)49-40(36)57/h8-9,12-13,26-28,30-32,35-36H,3-7,10-11,14-25H2,1-2H3,(H,49,56,57)(H2,45,47,48,50). The van der Waals surface area contributed by atoms with Crippen LogP contribution in [0.4, 0.5) is 23.1 Å². The van der Waals surface area contributed by atoms with E-state index in [4.69, 9.17) is 4.74 Å². The number of hydrogen-bond acceptors (Lipinski definition) is 13. The van der Waals surface area contributed by atoms with Crippen LogP contribution in [0.3, 0.4) is 0 Å². The predicted octanol–water partition coefficient (Wildman–Crippen LogP) is 3.67. The summed E-state index contributed by atoms with van der Waals surface area (Å²) >= 11 is 0. The number of benzene rings is 1. The van der Waals surface area contributed by atoms with Crippen molar-refractivity contribution in [3.05, 3.63) is 54.0 Å². The SMILES string of the molecule is CCOC(=O)c1cnc(Nc2cnn(C)c2)nc1NC1CCC(N2CCN(C(=O)C3CCC(C(=O)N4CCN(c5ccc(C6CCC(=O)NC6=O)cc5)CC4)CC3)CC2)CC1. The summed E-state index contributed by atoms with van der Waals surface area (Å²) in [4.78, 5) is 81.8. The van der Waals surface area contributed by atoms with Gasteiger partial charge in [0.1, 0.15) is 11.4 Å². The Kier molecular flexibility index (Phi) is 13.1. The molecule has 2 saturated carbocycles. The number of amides is 4. The largest absolute Gasteiger partial charge is 0.462 e. The first kappa shape index (κ1) is 42.1. The summed E-state index contributed by atoms with van der Waals surface area (Å²) in [6.07, 6.45) is 12.8. The lowest BCUT2D eigenvalue weighted by Gasteiger charge is -2.43. The van der Waals surface area contributed by atoms with Crippen LogP contribution in [0.5, 0.6) is 0 Å². The van der Waals surface area contributed by atoms with Crippen molar-refractivity contribution < 1.29 is 28.7 Å². The summed E-state index contributed by atoms with van der Waals surface area (Å²) in [5.74, 6) is 0.0590. The molecule has 5 aliphatic rings. The van der Waals surface area contributed by atoms with Crippen molar-refractivity contribution in [2.75, 3.05) is 74.5 Å². The molecule has 3 aliphatic heterocycles. The third kappa shape index (κ3) is 9.98. The molecule has 8 rings (SSSR count). The molecule has 5 fully saturated rings. The minimum absolute atomic E-state index is 0.0153. The number of anilines is 4. The van der Waals surface area contributed by atoms with Crippen molar-refractivity contribution in [2.24, 2.45) is 18.9 Å². The fourth-order valence-electron chi connectivity index (χ4n) is 9.83. The number of aryl methyl sites for hydroxylation is 1. The number of piperazine rings is 2. The van der Waals surface area contributed by atoms with Crippen molar-refractivity contribution >= 4 is 52.7 Å². The average molecular weight is 838 g/mol. The van der Waals surface area contributed by atoms with Gasteiger partial charge in [0.2, 0.25) is 29.6 Å². The zero-order valence-electron chi connectivity index (χ0n) is 35.4. The first-order valence-corrected chi connectivity index (χ1v) is 22.2. The summed E-state index contributed by atoms with van der Waals surface area (Å²) in [6.45, 7) is 8.05. The van der Waals surface area contributed by atoms with Gasteiger partial charge in [-0.25, -0.2) is 9.78 Å². The molecular formula is C44H59N11O6. The summed E-state index contributed by atoms with van der Waals surface area (Å²) in [6, 6.07) is 8.62. The van der Waals surface area contributed by atoms with E-state index >= 15 is 0 Å². The molecule has 17 heteroatoms. The molecule has 0 bridgehead atoms. The molecule has 3 N–H and O–H groups in total. The Bertz CT molecular complexity index is 2040. The molecule has 2 aromatic heterocycles. The second kappa shape index (κ2) is 19.0. The molecule has 17 nitrogen and oxygen atoms in total. The zero-order valence-corrected chi connectivity index (χ0v) is 35.4. The van der Waals surface area contributed by atoms with E-state index in [0.29, 0.717) is 49.3 Å². The second-order valence-corrected chi connectivity index (χ2v) is 17.2. The third-order valence-corrected chi connectivity index (χ3v) is 13.3. The summed E-state index contributed by atoms with van der Waals surface area (Å²) < 4.78 is 6.98. The average Bonchev–Trinajstić information content (AvgIpc) is 3.70. The number of nitrogens with one attached hydrogen (secondary N) is 3. The minimum Gasteiger partial charge on any atom is -0.462 e. The lowest BCUT2D eigenvalue weighted by Crippen LogP contribution is -2.54. The molecule has 0 radical (unpaired) electrons. The molecule has 1 aromatic carbocycles. The van der Waals surface area contributed by atoms with Crippen LogP contribution < -0.4 is 20.9 Å². The summed E-state index contributed by atoms with van der Waals surface area (Å²) in [7, 11) is 1.83. The van der Waals surface area contributed by atoms with Gasteiger partial charge in [-0.2, -0.15) is 10.1 Å². The number of rotatable bonds is 11. The number of aromatic nitrogens is 4. The van der Waals surface area contributed by atoms with Gasteiger partial charge in [-0.1, -0.05) is 12.1 Å². The number of nitrogens with zero attached hydrogens (tertiary/aromatic N) is 8. The maximum atomic E-state index is 13.7. The molecule has 61 heavy (non-hydrogen) atoms. The molecule has 5 heterocycles. The molecule has 1 atom stereocenters. The Morgan fingerprint density at radius 3 is 2.03 bits per heavy atom. The molecule has 3 aromatic rings. The van der Waals surface area contributed by atoms with Gasteiger partial charge < -0.3 is 30.1 Å². The van der Waals surface area contributed by atoms with Crippen LogP contribution in [0.15, 0.2) is 42.9 Å². The highest BCUT2D eigenvalue weighted by atomic mass is 16.5. The Hall–Kier alpha value is -5.58. The Labute approximate surface area is 356 Å². The maximum absolute atomic E-state index is 13.7. The van der Waals surface area contributed by atoms with E-state index in [0.717, 1.165) is 108 Å². The van der Waals surface area contributed by atoms with Crippen molar-refractivity contribution in [2.45, 2.75) is 89.1 Å². The predicted molar refractivity (Wildman–Crippen MR) is 228 cm³/mol. The van der Waals surface area contributed by atoms with Gasteiger partial charge in [0.15, 0.2) is 0 Å². The van der Waals surface area contributed by atoms with Crippen molar-refractivity contribution in [1.82, 2.24) is 39.8 Å². The van der Waals surface area contributed by atoms with E-state index in [1.54, 1.807) is 17.8 Å². The topological polar surface area (TPSA) is 187 Å². The van der Waals surface area contributed by atoms with Gasteiger partial charge in [-0.3, -0.25) is 34.1 Å². The van der Waals surface area contributed by atoms with Crippen LogP contribution in [0, 0.1) is 11.8 Å². The fourth-order valence-corrected chi connectivity index (χ4v) is 9.83. The normalized spacial score (nSPS) is 25.1. The molecule has 326 valence electrons. The van der Waals surface area contributed by atoms with Crippen LogP contribution in [-0.2, 0) is 31.0 Å². The van der Waals surface area contributed by atoms with Crippen molar-refractivity contribution in [3.63, 3.8) is 0 Å². The van der Waals surface area contributed by atoms with Crippen LogP contribution in [0.25, 0.3) is 0 Å². The number of esters is 1. The third-order valence-electron chi connectivity index (χ3n) is 13.3. The Balaban J connectivity index is 0.745. The van der Waals surface area contributed by atoms with E-state index in [9.17, 15) is 24.0 Å². The first-order chi connectivity index (χ1) is 29.6. The second-order valence-electron chi connectivity index (χ2n) is 17.2. The number of hydrogen-bond donors (Lipinski definition) is 3. The van der Waals surface area contributed by atoms with Crippen LogP contribution in [0.2, 0.25) is 0 Å². The number of imide groups is 1. The Morgan fingerprint density at radius 1 is 0.803 bits per heavy atom.